The average Bonchev–Trinajstić information content (AvgIpc) is 2.44. The lowest BCUT2D eigenvalue weighted by atomic mass is 10.0. The van der Waals surface area contributed by atoms with Gasteiger partial charge in [0.15, 0.2) is 5.82 Å². The monoisotopic (exact) mass is 375 g/mol. The Hall–Kier alpha value is -0.610. The molecule has 2 aromatic carbocycles. The molecule has 0 aliphatic rings. The number of rotatable bonds is 4. The molecule has 0 amide bonds. The molecule has 2 aromatic rings. The maximum atomic E-state index is 14.2. The van der Waals surface area contributed by atoms with Gasteiger partial charge in [0.2, 0.25) is 0 Å². The fourth-order valence-electron chi connectivity index (χ4n) is 1.89. The van der Waals surface area contributed by atoms with E-state index in [0.717, 1.165) is 17.7 Å². The second-order valence-corrected chi connectivity index (χ2v) is 5.95. The third kappa shape index (κ3) is 3.34. The van der Waals surface area contributed by atoms with Crippen molar-refractivity contribution < 1.29 is 4.39 Å². The van der Waals surface area contributed by atoms with Crippen LogP contribution in [0.1, 0.15) is 12.5 Å². The van der Waals surface area contributed by atoms with Crippen LogP contribution < -0.4 is 5.32 Å². The Balaban J connectivity index is 2.45. The van der Waals surface area contributed by atoms with Gasteiger partial charge in [0.05, 0.1) is 5.02 Å². The molecule has 0 aliphatic carbocycles. The molecule has 5 heteroatoms. The molecule has 0 unspecified atom stereocenters. The summed E-state index contributed by atoms with van der Waals surface area (Å²) in [4.78, 5) is 0. The highest BCUT2D eigenvalue weighted by Gasteiger charge is 2.13. The lowest BCUT2D eigenvalue weighted by Crippen LogP contribution is -2.12. The molecule has 0 radical (unpaired) electrons. The first kappa shape index (κ1) is 15.8. The van der Waals surface area contributed by atoms with Crippen molar-refractivity contribution in [3.63, 3.8) is 0 Å². The molecular formula is C15H13BrCl2FN. The first-order valence-electron chi connectivity index (χ1n) is 6.17. The van der Waals surface area contributed by atoms with Gasteiger partial charge in [-0.2, -0.15) is 0 Å². The van der Waals surface area contributed by atoms with E-state index in [1.54, 1.807) is 24.3 Å². The van der Waals surface area contributed by atoms with E-state index in [-0.39, 0.29) is 5.02 Å². The fraction of sp³-hybridized carbons (Fsp3) is 0.200. The molecule has 2 rings (SSSR count). The van der Waals surface area contributed by atoms with Crippen LogP contribution >= 0.6 is 39.1 Å². The van der Waals surface area contributed by atoms with Crippen molar-refractivity contribution in [2.24, 2.45) is 0 Å². The third-order valence-electron chi connectivity index (χ3n) is 2.96. The third-order valence-corrected chi connectivity index (χ3v) is 4.58. The van der Waals surface area contributed by atoms with E-state index >= 15 is 0 Å². The van der Waals surface area contributed by atoms with E-state index in [1.807, 2.05) is 13.0 Å². The molecule has 0 heterocycles. The van der Waals surface area contributed by atoms with Crippen molar-refractivity contribution in [3.05, 3.63) is 56.2 Å². The second-order valence-electron chi connectivity index (χ2n) is 4.31. The van der Waals surface area contributed by atoms with Crippen LogP contribution in [0.2, 0.25) is 10.0 Å². The van der Waals surface area contributed by atoms with Gasteiger partial charge in [-0.05, 0) is 51.8 Å². The van der Waals surface area contributed by atoms with Crippen LogP contribution in [-0.2, 0) is 6.54 Å². The summed E-state index contributed by atoms with van der Waals surface area (Å²) in [5.74, 6) is -0.433. The zero-order valence-electron chi connectivity index (χ0n) is 10.8. The standard InChI is InChI=1S/C15H13BrCl2FN/c1-2-20-8-10-7-9(3-6-13(10)17)11-4-5-12(16)14(18)15(11)19/h3-7,20H,2,8H2,1H3. The van der Waals surface area contributed by atoms with Crippen LogP contribution in [0.15, 0.2) is 34.8 Å². The van der Waals surface area contributed by atoms with E-state index in [0.29, 0.717) is 21.6 Å². The summed E-state index contributed by atoms with van der Waals surface area (Å²) < 4.78 is 14.8. The zero-order chi connectivity index (χ0) is 14.7. The summed E-state index contributed by atoms with van der Waals surface area (Å²) in [6.07, 6.45) is 0. The first-order chi connectivity index (χ1) is 9.54. The van der Waals surface area contributed by atoms with Crippen LogP contribution in [0.4, 0.5) is 4.39 Å². The minimum Gasteiger partial charge on any atom is -0.313 e. The van der Waals surface area contributed by atoms with Crippen molar-refractivity contribution in [1.82, 2.24) is 5.32 Å². The highest BCUT2D eigenvalue weighted by atomic mass is 79.9. The summed E-state index contributed by atoms with van der Waals surface area (Å²) in [5.41, 5.74) is 2.16. The van der Waals surface area contributed by atoms with Crippen molar-refractivity contribution in [2.45, 2.75) is 13.5 Å². The number of benzene rings is 2. The topological polar surface area (TPSA) is 12.0 Å². The van der Waals surface area contributed by atoms with Gasteiger partial charge in [-0.3, -0.25) is 0 Å². The maximum Gasteiger partial charge on any atom is 0.150 e. The lowest BCUT2D eigenvalue weighted by molar-refractivity contribution is 0.631. The van der Waals surface area contributed by atoms with Gasteiger partial charge in [-0.25, -0.2) is 4.39 Å². The molecule has 0 aromatic heterocycles. The molecule has 1 N–H and O–H groups in total. The fourth-order valence-corrected chi connectivity index (χ4v) is 2.54. The smallest absolute Gasteiger partial charge is 0.150 e. The van der Waals surface area contributed by atoms with Crippen LogP contribution in [0.3, 0.4) is 0 Å². The first-order valence-corrected chi connectivity index (χ1v) is 7.72. The predicted molar refractivity (Wildman–Crippen MR) is 86.9 cm³/mol. The van der Waals surface area contributed by atoms with Gasteiger partial charge in [-0.15, -0.1) is 0 Å². The molecule has 0 fully saturated rings. The van der Waals surface area contributed by atoms with Crippen LogP contribution in [0.5, 0.6) is 0 Å². The van der Waals surface area contributed by atoms with E-state index in [1.165, 1.54) is 0 Å². The lowest BCUT2D eigenvalue weighted by Gasteiger charge is -2.10. The molecule has 1 nitrogen and oxygen atoms in total. The molecule has 20 heavy (non-hydrogen) atoms. The highest BCUT2D eigenvalue weighted by molar-refractivity contribution is 9.10. The van der Waals surface area contributed by atoms with Crippen LogP contribution in [0, 0.1) is 5.82 Å². The van der Waals surface area contributed by atoms with Crippen molar-refractivity contribution >= 4 is 39.1 Å². The second kappa shape index (κ2) is 6.90. The summed E-state index contributed by atoms with van der Waals surface area (Å²) in [6, 6.07) is 8.89. The van der Waals surface area contributed by atoms with Gasteiger partial charge in [0.1, 0.15) is 0 Å². The zero-order valence-corrected chi connectivity index (χ0v) is 13.9. The normalized spacial score (nSPS) is 10.8. The number of hydrogen-bond donors (Lipinski definition) is 1. The Bertz CT molecular complexity index is 632. The quantitative estimate of drug-likeness (QED) is 0.677. The van der Waals surface area contributed by atoms with Crippen LogP contribution in [-0.4, -0.2) is 6.54 Å². The van der Waals surface area contributed by atoms with E-state index in [2.05, 4.69) is 21.2 Å². The van der Waals surface area contributed by atoms with Crippen molar-refractivity contribution in [1.29, 1.82) is 0 Å². The van der Waals surface area contributed by atoms with Gasteiger partial charge in [-0.1, -0.05) is 42.3 Å². The van der Waals surface area contributed by atoms with E-state index in [4.69, 9.17) is 23.2 Å². The molecule has 0 aliphatic heterocycles. The predicted octanol–water partition coefficient (Wildman–Crippen LogP) is 5.67. The minimum atomic E-state index is -0.433. The van der Waals surface area contributed by atoms with Gasteiger partial charge in [0.25, 0.3) is 0 Å². The molecule has 0 saturated carbocycles. The average molecular weight is 377 g/mol. The van der Waals surface area contributed by atoms with E-state index in [9.17, 15) is 4.39 Å². The van der Waals surface area contributed by atoms with Gasteiger partial charge in [0, 0.05) is 21.6 Å². The molecular weight excluding hydrogens is 364 g/mol. The Labute approximate surface area is 136 Å². The molecule has 0 bridgehead atoms. The number of halogens is 4. The Morgan fingerprint density at radius 1 is 1.20 bits per heavy atom. The summed E-state index contributed by atoms with van der Waals surface area (Å²) in [6.45, 7) is 3.51. The minimum absolute atomic E-state index is 0.0886. The molecule has 106 valence electrons. The summed E-state index contributed by atoms with van der Waals surface area (Å²) in [7, 11) is 0. The number of nitrogens with one attached hydrogen (secondary N) is 1. The number of hydrogen-bond acceptors (Lipinski definition) is 1. The summed E-state index contributed by atoms with van der Waals surface area (Å²) >= 11 is 15.3. The summed E-state index contributed by atoms with van der Waals surface area (Å²) in [5, 5.41) is 3.96. The van der Waals surface area contributed by atoms with Gasteiger partial charge >= 0.3 is 0 Å². The van der Waals surface area contributed by atoms with Crippen LogP contribution in [0.25, 0.3) is 11.1 Å². The van der Waals surface area contributed by atoms with E-state index < -0.39 is 5.82 Å². The maximum absolute atomic E-state index is 14.2. The van der Waals surface area contributed by atoms with Gasteiger partial charge < -0.3 is 5.32 Å². The Morgan fingerprint density at radius 2 is 1.95 bits per heavy atom. The molecule has 0 saturated heterocycles. The van der Waals surface area contributed by atoms with Crippen molar-refractivity contribution in [2.75, 3.05) is 6.54 Å². The molecule has 0 atom stereocenters. The highest BCUT2D eigenvalue weighted by Crippen LogP contribution is 2.34. The largest absolute Gasteiger partial charge is 0.313 e. The SMILES string of the molecule is CCNCc1cc(-c2ccc(Br)c(Cl)c2F)ccc1Cl. The Morgan fingerprint density at radius 3 is 2.65 bits per heavy atom. The van der Waals surface area contributed by atoms with Crippen molar-refractivity contribution in [3.8, 4) is 11.1 Å². The molecule has 0 spiro atoms. The Kier molecular flexibility index (Phi) is 5.44.